The summed E-state index contributed by atoms with van der Waals surface area (Å²) in [6.45, 7) is 9.90. The van der Waals surface area contributed by atoms with Crippen LogP contribution in [0.25, 0.3) is 0 Å². The van der Waals surface area contributed by atoms with E-state index in [1.54, 1.807) is 10.9 Å². The van der Waals surface area contributed by atoms with Crippen LogP contribution in [0.4, 0.5) is 0 Å². The van der Waals surface area contributed by atoms with Crippen LogP contribution >= 0.6 is 0 Å². The molecule has 1 aromatic heterocycles. The van der Waals surface area contributed by atoms with Gasteiger partial charge in [-0.15, -0.1) is 0 Å². The first-order valence-corrected chi connectivity index (χ1v) is 8.38. The lowest BCUT2D eigenvalue weighted by atomic mass is 9.92. The highest BCUT2D eigenvalue weighted by Crippen LogP contribution is 2.30. The van der Waals surface area contributed by atoms with Gasteiger partial charge in [-0.1, -0.05) is 20.8 Å². The van der Waals surface area contributed by atoms with Gasteiger partial charge in [-0.3, -0.25) is 4.68 Å². The lowest BCUT2D eigenvalue weighted by molar-refractivity contribution is 0.470. The molecule has 1 rings (SSSR count). The van der Waals surface area contributed by atoms with E-state index in [-0.39, 0.29) is 29.3 Å². The van der Waals surface area contributed by atoms with Crippen LogP contribution in [0.15, 0.2) is 11.1 Å². The Morgan fingerprint density at radius 3 is 2.43 bits per heavy atom. The average molecular weight is 312 g/mol. The maximum absolute atomic E-state index is 12.7. The quantitative estimate of drug-likeness (QED) is 0.835. The molecule has 0 unspecified atom stereocenters. The fraction of sp³-hybridized carbons (Fsp3) is 0.714. The molecule has 0 fully saturated rings. The SMILES string of the molecule is CC(C)n1cc(S(=O)(=O)N(C)CCC#N)c(C(C)(C)C)n1. The van der Waals surface area contributed by atoms with Crippen LogP contribution in [-0.2, 0) is 15.4 Å². The zero-order valence-electron chi connectivity index (χ0n) is 13.6. The van der Waals surface area contributed by atoms with Gasteiger partial charge in [0.1, 0.15) is 4.90 Å². The smallest absolute Gasteiger partial charge is 0.246 e. The molecule has 0 radical (unpaired) electrons. The van der Waals surface area contributed by atoms with Crippen molar-refractivity contribution in [3.05, 3.63) is 11.9 Å². The summed E-state index contributed by atoms with van der Waals surface area (Å²) < 4.78 is 28.3. The second-order valence-electron chi connectivity index (χ2n) is 6.40. The van der Waals surface area contributed by atoms with Crippen LogP contribution in [0, 0.1) is 11.3 Å². The Kier molecular flexibility index (Phi) is 5.18. The number of rotatable bonds is 5. The third kappa shape index (κ3) is 3.83. The normalized spacial score (nSPS) is 12.9. The van der Waals surface area contributed by atoms with E-state index in [1.165, 1.54) is 11.4 Å². The molecule has 6 nitrogen and oxygen atoms in total. The third-order valence-electron chi connectivity index (χ3n) is 3.16. The standard InChI is InChI=1S/C14H24N4O2S/c1-11(2)18-10-12(13(16-18)14(3,4)5)21(19,20)17(6)9-7-8-15/h10-11H,7,9H2,1-6H3. The molecule has 0 aliphatic rings. The predicted octanol–water partition coefficient (Wildman–Crippen LogP) is 2.30. The van der Waals surface area contributed by atoms with Crippen molar-refractivity contribution in [3.8, 4) is 6.07 Å². The Morgan fingerprint density at radius 1 is 1.43 bits per heavy atom. The molecule has 0 saturated carbocycles. The number of hydrogen-bond donors (Lipinski definition) is 0. The topological polar surface area (TPSA) is 79.0 Å². The molecule has 0 aliphatic carbocycles. The molecule has 0 spiro atoms. The molecule has 1 aromatic rings. The first kappa shape index (κ1) is 17.7. The summed E-state index contributed by atoms with van der Waals surface area (Å²) in [5.74, 6) is 0. The van der Waals surface area contributed by atoms with Gasteiger partial charge in [-0.2, -0.15) is 14.7 Å². The van der Waals surface area contributed by atoms with Crippen molar-refractivity contribution < 1.29 is 8.42 Å². The van der Waals surface area contributed by atoms with Gasteiger partial charge < -0.3 is 0 Å². The van der Waals surface area contributed by atoms with Crippen LogP contribution in [0.5, 0.6) is 0 Å². The Hall–Kier alpha value is -1.39. The second-order valence-corrected chi connectivity index (χ2v) is 8.41. The van der Waals surface area contributed by atoms with E-state index in [1.807, 2.05) is 40.7 Å². The van der Waals surface area contributed by atoms with Gasteiger partial charge in [0.25, 0.3) is 0 Å². The number of hydrogen-bond acceptors (Lipinski definition) is 4. The molecule has 0 saturated heterocycles. The van der Waals surface area contributed by atoms with Gasteiger partial charge in [-0.25, -0.2) is 8.42 Å². The summed E-state index contributed by atoms with van der Waals surface area (Å²) in [6, 6.07) is 2.05. The fourth-order valence-corrected chi connectivity index (χ4v) is 3.34. The second kappa shape index (κ2) is 6.16. The van der Waals surface area contributed by atoms with E-state index < -0.39 is 10.0 Å². The predicted molar refractivity (Wildman–Crippen MR) is 81.4 cm³/mol. The molecule has 21 heavy (non-hydrogen) atoms. The molecule has 7 heteroatoms. The van der Waals surface area contributed by atoms with E-state index in [9.17, 15) is 8.42 Å². The van der Waals surface area contributed by atoms with Gasteiger partial charge in [0, 0.05) is 37.7 Å². The number of aromatic nitrogens is 2. The van der Waals surface area contributed by atoms with Crippen LogP contribution in [0.3, 0.4) is 0 Å². The van der Waals surface area contributed by atoms with E-state index >= 15 is 0 Å². The zero-order valence-corrected chi connectivity index (χ0v) is 14.4. The average Bonchev–Trinajstić information content (AvgIpc) is 2.81. The van der Waals surface area contributed by atoms with Crippen molar-refractivity contribution in [2.75, 3.05) is 13.6 Å². The summed E-state index contributed by atoms with van der Waals surface area (Å²) in [5.41, 5.74) is 0.179. The van der Waals surface area contributed by atoms with Crippen molar-refractivity contribution in [3.63, 3.8) is 0 Å². The first-order valence-electron chi connectivity index (χ1n) is 6.94. The van der Waals surface area contributed by atoms with Gasteiger partial charge in [0.15, 0.2) is 0 Å². The molecular formula is C14H24N4O2S. The Labute approximate surface area is 127 Å². The summed E-state index contributed by atoms with van der Waals surface area (Å²) in [6.07, 6.45) is 1.75. The van der Waals surface area contributed by atoms with Crippen molar-refractivity contribution in [1.29, 1.82) is 5.26 Å². The van der Waals surface area contributed by atoms with E-state index in [0.29, 0.717) is 5.69 Å². The van der Waals surface area contributed by atoms with Gasteiger partial charge in [0.05, 0.1) is 11.8 Å². The van der Waals surface area contributed by atoms with Gasteiger partial charge >= 0.3 is 0 Å². The van der Waals surface area contributed by atoms with E-state index in [2.05, 4.69) is 5.10 Å². The minimum Gasteiger partial charge on any atom is -0.269 e. The number of nitriles is 1. The van der Waals surface area contributed by atoms with E-state index in [0.717, 1.165) is 0 Å². The zero-order chi connectivity index (χ0) is 16.4. The van der Waals surface area contributed by atoms with Crippen molar-refractivity contribution in [1.82, 2.24) is 14.1 Å². The van der Waals surface area contributed by atoms with Crippen molar-refractivity contribution in [2.24, 2.45) is 0 Å². The Balaban J connectivity index is 3.37. The highest BCUT2D eigenvalue weighted by molar-refractivity contribution is 7.89. The summed E-state index contributed by atoms with van der Waals surface area (Å²) in [7, 11) is -2.15. The molecule has 0 amide bonds. The van der Waals surface area contributed by atoms with Crippen LogP contribution in [-0.4, -0.2) is 36.1 Å². The molecular weight excluding hydrogens is 288 g/mol. The monoisotopic (exact) mass is 312 g/mol. The molecule has 0 atom stereocenters. The summed E-state index contributed by atoms with van der Waals surface area (Å²) in [4.78, 5) is 0.226. The van der Waals surface area contributed by atoms with Crippen LogP contribution in [0.1, 0.15) is 52.8 Å². The Morgan fingerprint density at radius 2 is 2.00 bits per heavy atom. The largest absolute Gasteiger partial charge is 0.269 e. The molecule has 0 N–H and O–H groups in total. The minimum absolute atomic E-state index is 0.0828. The Bertz CT molecular complexity index is 633. The van der Waals surface area contributed by atoms with Crippen molar-refractivity contribution in [2.45, 2.75) is 57.4 Å². The fourth-order valence-electron chi connectivity index (χ4n) is 1.84. The highest BCUT2D eigenvalue weighted by Gasteiger charge is 2.32. The van der Waals surface area contributed by atoms with Crippen LogP contribution in [0.2, 0.25) is 0 Å². The first-order chi connectivity index (χ1) is 9.51. The molecule has 0 aliphatic heterocycles. The summed E-state index contributed by atoms with van der Waals surface area (Å²) >= 11 is 0. The van der Waals surface area contributed by atoms with Crippen LogP contribution < -0.4 is 0 Å². The molecule has 0 bridgehead atoms. The number of nitrogens with zero attached hydrogens (tertiary/aromatic N) is 4. The maximum atomic E-state index is 12.7. The van der Waals surface area contributed by atoms with E-state index in [4.69, 9.17) is 5.26 Å². The van der Waals surface area contributed by atoms with Crippen molar-refractivity contribution >= 4 is 10.0 Å². The lowest BCUT2D eigenvalue weighted by Crippen LogP contribution is -2.29. The third-order valence-corrected chi connectivity index (χ3v) is 5.02. The minimum atomic E-state index is -3.64. The maximum Gasteiger partial charge on any atom is 0.246 e. The molecule has 1 heterocycles. The molecule has 118 valence electrons. The van der Waals surface area contributed by atoms with Gasteiger partial charge in [0.2, 0.25) is 10.0 Å². The summed E-state index contributed by atoms with van der Waals surface area (Å²) in [5, 5.41) is 13.1. The number of sulfonamides is 1. The lowest BCUT2D eigenvalue weighted by Gasteiger charge is -2.20. The highest BCUT2D eigenvalue weighted by atomic mass is 32.2. The van der Waals surface area contributed by atoms with Gasteiger partial charge in [-0.05, 0) is 13.8 Å². The molecule has 0 aromatic carbocycles.